The van der Waals surface area contributed by atoms with Crippen molar-refractivity contribution in [3.05, 3.63) is 70.8 Å². The summed E-state index contributed by atoms with van der Waals surface area (Å²) in [6.45, 7) is 0.399. The fourth-order valence-corrected chi connectivity index (χ4v) is 2.81. The van der Waals surface area contributed by atoms with Crippen LogP contribution in [0.15, 0.2) is 48.5 Å². The number of nitrogens with two attached hydrogens (primary N) is 1. The molecule has 0 saturated carbocycles. The topological polar surface area (TPSA) is 75.4 Å². The minimum Gasteiger partial charge on any atom is -0.390 e. The van der Waals surface area contributed by atoms with Crippen LogP contribution in [0.4, 0.5) is 0 Å². The van der Waals surface area contributed by atoms with Crippen molar-refractivity contribution >= 4 is 5.91 Å². The summed E-state index contributed by atoms with van der Waals surface area (Å²) in [6, 6.07) is 14.7. The lowest BCUT2D eigenvalue weighted by Gasteiger charge is -2.18. The third-order valence-electron chi connectivity index (χ3n) is 3.92. The van der Waals surface area contributed by atoms with Crippen molar-refractivity contribution in [2.45, 2.75) is 25.1 Å². The van der Waals surface area contributed by atoms with Crippen LogP contribution in [0.25, 0.3) is 0 Å². The van der Waals surface area contributed by atoms with Gasteiger partial charge in [0.1, 0.15) is 0 Å². The third-order valence-corrected chi connectivity index (χ3v) is 3.92. The van der Waals surface area contributed by atoms with Gasteiger partial charge in [-0.15, -0.1) is 0 Å². The zero-order valence-corrected chi connectivity index (χ0v) is 11.6. The highest BCUT2D eigenvalue weighted by Gasteiger charge is 2.31. The van der Waals surface area contributed by atoms with E-state index in [1.54, 1.807) is 12.1 Å². The van der Waals surface area contributed by atoms with Crippen molar-refractivity contribution in [1.29, 1.82) is 0 Å². The van der Waals surface area contributed by atoms with Gasteiger partial charge in [0.25, 0.3) is 5.91 Å². The molecule has 0 fully saturated rings. The maximum atomic E-state index is 12.4. The van der Waals surface area contributed by atoms with Crippen LogP contribution < -0.4 is 11.1 Å². The Hall–Kier alpha value is -2.17. The van der Waals surface area contributed by atoms with Crippen LogP contribution in [0.1, 0.15) is 33.1 Å². The van der Waals surface area contributed by atoms with Gasteiger partial charge in [-0.1, -0.05) is 36.4 Å². The van der Waals surface area contributed by atoms with Gasteiger partial charge in [-0.05, 0) is 28.8 Å². The molecular formula is C17H18N2O2. The lowest BCUT2D eigenvalue weighted by atomic mass is 10.1. The maximum absolute atomic E-state index is 12.4. The fourth-order valence-electron chi connectivity index (χ4n) is 2.81. The Bertz CT molecular complexity index is 669. The van der Waals surface area contributed by atoms with E-state index in [9.17, 15) is 9.90 Å². The molecule has 0 aliphatic heterocycles. The highest BCUT2D eigenvalue weighted by atomic mass is 16.3. The molecule has 0 bridgehead atoms. The molecule has 4 heteroatoms. The van der Waals surface area contributed by atoms with Gasteiger partial charge in [-0.3, -0.25) is 4.79 Å². The molecule has 0 radical (unpaired) electrons. The molecule has 0 heterocycles. The molecule has 21 heavy (non-hydrogen) atoms. The van der Waals surface area contributed by atoms with Crippen molar-refractivity contribution in [3.8, 4) is 0 Å². The molecule has 3 rings (SSSR count). The lowest BCUT2D eigenvalue weighted by molar-refractivity contribution is 0.0858. The van der Waals surface area contributed by atoms with Gasteiger partial charge in [0, 0.05) is 18.5 Å². The Labute approximate surface area is 123 Å². The molecule has 0 spiro atoms. The molecule has 0 unspecified atom stereocenters. The first-order valence-corrected chi connectivity index (χ1v) is 7.05. The van der Waals surface area contributed by atoms with Gasteiger partial charge in [-0.25, -0.2) is 0 Å². The Morgan fingerprint density at radius 1 is 1.24 bits per heavy atom. The quantitative estimate of drug-likeness (QED) is 0.799. The van der Waals surface area contributed by atoms with Gasteiger partial charge >= 0.3 is 0 Å². The Balaban J connectivity index is 1.81. The van der Waals surface area contributed by atoms with E-state index < -0.39 is 6.10 Å². The molecule has 2 aromatic rings. The SMILES string of the molecule is NCc1cccc(C(=O)N[C@@H]2c3ccccc3C[C@@H]2O)c1. The smallest absolute Gasteiger partial charge is 0.251 e. The molecule has 0 saturated heterocycles. The normalized spacial score (nSPS) is 20.1. The minimum absolute atomic E-state index is 0.189. The van der Waals surface area contributed by atoms with Crippen LogP contribution >= 0.6 is 0 Å². The molecule has 1 aliphatic carbocycles. The van der Waals surface area contributed by atoms with Gasteiger partial charge in [0.15, 0.2) is 0 Å². The van der Waals surface area contributed by atoms with E-state index in [4.69, 9.17) is 5.73 Å². The number of aliphatic hydroxyl groups excluding tert-OH is 1. The average molecular weight is 282 g/mol. The van der Waals surface area contributed by atoms with E-state index in [-0.39, 0.29) is 11.9 Å². The number of rotatable bonds is 3. The van der Waals surface area contributed by atoms with Crippen LogP contribution in [0, 0.1) is 0 Å². The molecular weight excluding hydrogens is 264 g/mol. The summed E-state index contributed by atoms with van der Waals surface area (Å²) in [5.74, 6) is -0.189. The molecule has 0 aromatic heterocycles. The highest BCUT2D eigenvalue weighted by Crippen LogP contribution is 2.31. The summed E-state index contributed by atoms with van der Waals surface area (Å²) < 4.78 is 0. The van der Waals surface area contributed by atoms with E-state index in [0.29, 0.717) is 18.5 Å². The monoisotopic (exact) mass is 282 g/mol. The van der Waals surface area contributed by atoms with Crippen LogP contribution in [-0.2, 0) is 13.0 Å². The summed E-state index contributed by atoms with van der Waals surface area (Å²) >= 11 is 0. The third kappa shape index (κ3) is 2.68. The van der Waals surface area contributed by atoms with E-state index in [1.807, 2.05) is 36.4 Å². The summed E-state index contributed by atoms with van der Waals surface area (Å²) in [5.41, 5.74) is 9.16. The first-order valence-electron chi connectivity index (χ1n) is 7.05. The maximum Gasteiger partial charge on any atom is 0.251 e. The summed E-state index contributed by atoms with van der Waals surface area (Å²) in [5, 5.41) is 13.1. The molecule has 1 amide bonds. The summed E-state index contributed by atoms with van der Waals surface area (Å²) in [6.07, 6.45) is -0.00622. The second-order valence-corrected chi connectivity index (χ2v) is 5.33. The number of aliphatic hydroxyl groups is 1. The van der Waals surface area contributed by atoms with Crippen LogP contribution in [0.3, 0.4) is 0 Å². The molecule has 4 N–H and O–H groups in total. The number of hydrogen-bond acceptors (Lipinski definition) is 3. The van der Waals surface area contributed by atoms with Crippen molar-refractivity contribution in [2.24, 2.45) is 5.73 Å². The largest absolute Gasteiger partial charge is 0.390 e. The van der Waals surface area contributed by atoms with Gasteiger partial charge in [-0.2, -0.15) is 0 Å². The number of fused-ring (bicyclic) bond motifs is 1. The average Bonchev–Trinajstić information content (AvgIpc) is 2.83. The standard InChI is InChI=1S/C17H18N2O2/c18-10-11-4-3-6-13(8-11)17(21)19-16-14-7-2-1-5-12(14)9-15(16)20/h1-8,15-16,20H,9-10,18H2,(H,19,21)/t15-,16+/m0/s1. The molecule has 4 nitrogen and oxygen atoms in total. The van der Waals surface area contributed by atoms with Gasteiger partial charge in [0.05, 0.1) is 12.1 Å². The van der Waals surface area contributed by atoms with E-state index in [2.05, 4.69) is 5.32 Å². The number of benzene rings is 2. The molecule has 2 aromatic carbocycles. The van der Waals surface area contributed by atoms with E-state index in [1.165, 1.54) is 0 Å². The molecule has 108 valence electrons. The predicted octanol–water partition coefficient (Wildman–Crippen LogP) is 1.53. The summed E-state index contributed by atoms with van der Waals surface area (Å²) in [4.78, 5) is 12.4. The molecule has 2 atom stereocenters. The zero-order chi connectivity index (χ0) is 14.8. The zero-order valence-electron chi connectivity index (χ0n) is 11.6. The number of carbonyl (C=O) groups is 1. The van der Waals surface area contributed by atoms with Crippen LogP contribution in [0.5, 0.6) is 0 Å². The first kappa shape index (κ1) is 13.8. The molecule has 1 aliphatic rings. The number of carbonyl (C=O) groups excluding carboxylic acids is 1. The van der Waals surface area contributed by atoms with E-state index >= 15 is 0 Å². The van der Waals surface area contributed by atoms with Gasteiger partial charge < -0.3 is 16.2 Å². The number of nitrogens with one attached hydrogen (secondary N) is 1. The second-order valence-electron chi connectivity index (χ2n) is 5.33. The Morgan fingerprint density at radius 2 is 2.05 bits per heavy atom. The van der Waals surface area contributed by atoms with Crippen molar-refractivity contribution in [3.63, 3.8) is 0 Å². The second kappa shape index (κ2) is 5.68. The van der Waals surface area contributed by atoms with Crippen molar-refractivity contribution in [1.82, 2.24) is 5.32 Å². The van der Waals surface area contributed by atoms with Crippen LogP contribution in [0.2, 0.25) is 0 Å². The van der Waals surface area contributed by atoms with Crippen LogP contribution in [-0.4, -0.2) is 17.1 Å². The van der Waals surface area contributed by atoms with E-state index in [0.717, 1.165) is 16.7 Å². The van der Waals surface area contributed by atoms with Crippen molar-refractivity contribution in [2.75, 3.05) is 0 Å². The lowest BCUT2D eigenvalue weighted by Crippen LogP contribution is -2.33. The number of hydrogen-bond donors (Lipinski definition) is 3. The van der Waals surface area contributed by atoms with Gasteiger partial charge in [0.2, 0.25) is 0 Å². The first-order chi connectivity index (χ1) is 10.2. The Kier molecular flexibility index (Phi) is 3.73. The predicted molar refractivity (Wildman–Crippen MR) is 80.7 cm³/mol. The summed E-state index contributed by atoms with van der Waals surface area (Å²) in [7, 11) is 0. The fraction of sp³-hybridized carbons (Fsp3) is 0.235. The highest BCUT2D eigenvalue weighted by molar-refractivity contribution is 5.94. The Morgan fingerprint density at radius 3 is 2.86 bits per heavy atom. The number of amides is 1. The van der Waals surface area contributed by atoms with Crippen molar-refractivity contribution < 1.29 is 9.90 Å². The minimum atomic E-state index is -0.580.